The molecule has 0 fully saturated rings. The predicted molar refractivity (Wildman–Crippen MR) is 123 cm³/mol. The first kappa shape index (κ1) is 18.9. The third-order valence-corrected chi connectivity index (χ3v) is 56.6. The molecule has 4 rings (SSSR count). The van der Waals surface area contributed by atoms with Crippen LogP contribution in [0, 0.1) is 0 Å². The molecule has 0 nitrogen and oxygen atoms in total. The Morgan fingerprint density at radius 1 is 0.370 bits per heavy atom. The van der Waals surface area contributed by atoms with E-state index in [-0.39, 0.29) is 0 Å². The Bertz CT molecular complexity index is 872. The van der Waals surface area contributed by atoms with E-state index in [1.54, 1.807) is 13.1 Å². The molecular weight excluding hydrogens is 513 g/mol. The maximum atomic E-state index is 2.60. The van der Waals surface area contributed by atoms with Gasteiger partial charge in [0.1, 0.15) is 0 Å². The Balaban J connectivity index is 1.90. The third-order valence-electron chi connectivity index (χ3n) is 4.22. The molecule has 3 aromatic rings. The van der Waals surface area contributed by atoms with Gasteiger partial charge in [-0.05, 0) is 0 Å². The first-order chi connectivity index (χ1) is 13.4. The first-order valence-corrected chi connectivity index (χ1v) is 24.4. The van der Waals surface area contributed by atoms with Gasteiger partial charge in [0, 0.05) is 0 Å². The number of rotatable bonds is 3. The topological polar surface area (TPSA) is 0 Å². The minimum atomic E-state index is -1.32. The molecular formula is C24H21As3. The molecule has 2 unspecified atom stereocenters. The Morgan fingerprint density at radius 2 is 0.741 bits per heavy atom. The van der Waals surface area contributed by atoms with Crippen molar-refractivity contribution in [3.63, 3.8) is 0 Å². The fourth-order valence-electron chi connectivity index (χ4n) is 2.98. The summed E-state index contributed by atoms with van der Waals surface area (Å²) in [7, 11) is -1.28. The summed E-state index contributed by atoms with van der Waals surface area (Å²) in [5, 5.41) is 0. The average Bonchev–Trinajstić information content (AvgIpc) is 2.86. The van der Waals surface area contributed by atoms with Crippen molar-refractivity contribution in [3.8, 4) is 0 Å². The Morgan fingerprint density at radius 3 is 1.15 bits per heavy atom. The van der Waals surface area contributed by atoms with Gasteiger partial charge in [-0.3, -0.25) is 0 Å². The monoisotopic (exact) mass is 534 g/mol. The van der Waals surface area contributed by atoms with Crippen LogP contribution in [-0.4, -0.2) is 35.7 Å². The van der Waals surface area contributed by atoms with E-state index < -0.39 is 35.7 Å². The van der Waals surface area contributed by atoms with Crippen molar-refractivity contribution >= 4 is 48.7 Å². The van der Waals surface area contributed by atoms with E-state index in [1.165, 1.54) is 0 Å². The SMILES string of the molecule is C1=C\C=C\[As](c2ccccc2)[As](c2ccccc2)[As](c2ccccc2)/C=C/1. The number of hydrogen-bond donors (Lipinski definition) is 0. The molecule has 27 heavy (non-hydrogen) atoms. The molecule has 0 N–H and O–H groups in total. The predicted octanol–water partition coefficient (Wildman–Crippen LogP) is 3.11. The van der Waals surface area contributed by atoms with Crippen LogP contribution in [0.15, 0.2) is 125 Å². The van der Waals surface area contributed by atoms with Crippen molar-refractivity contribution in [2.24, 2.45) is 0 Å². The van der Waals surface area contributed by atoms with E-state index in [4.69, 9.17) is 0 Å². The van der Waals surface area contributed by atoms with Gasteiger partial charge in [-0.25, -0.2) is 0 Å². The molecule has 0 bridgehead atoms. The molecule has 0 radical (unpaired) electrons. The van der Waals surface area contributed by atoms with Crippen molar-refractivity contribution in [1.29, 1.82) is 0 Å². The van der Waals surface area contributed by atoms with Gasteiger partial charge in [0.05, 0.1) is 0 Å². The molecule has 0 aliphatic carbocycles. The van der Waals surface area contributed by atoms with Gasteiger partial charge in [0.2, 0.25) is 0 Å². The Kier molecular flexibility index (Phi) is 6.76. The maximum absolute atomic E-state index is 2.60. The van der Waals surface area contributed by atoms with Gasteiger partial charge in [-0.2, -0.15) is 0 Å². The summed E-state index contributed by atoms with van der Waals surface area (Å²) in [5.74, 6) is 0. The van der Waals surface area contributed by atoms with Crippen LogP contribution in [0.5, 0.6) is 0 Å². The molecule has 132 valence electrons. The summed E-state index contributed by atoms with van der Waals surface area (Å²) < 4.78 is 4.85. The quantitative estimate of drug-likeness (QED) is 0.454. The molecule has 1 aliphatic heterocycles. The molecule has 0 saturated heterocycles. The second-order valence-corrected chi connectivity index (χ2v) is 40.5. The summed E-state index contributed by atoms with van der Waals surface area (Å²) in [4.78, 5) is 5.20. The summed E-state index contributed by atoms with van der Waals surface area (Å²) >= 11 is -2.63. The van der Waals surface area contributed by atoms with Crippen molar-refractivity contribution < 1.29 is 0 Å². The van der Waals surface area contributed by atoms with E-state index >= 15 is 0 Å². The second kappa shape index (κ2) is 9.66. The Labute approximate surface area is 172 Å². The standard InChI is InChI=1S/C24H21As3/c1-2-13-21-26(23-16-8-4-9-17-23)27(24-18-10-5-11-19-24)25(20-12-1)22-14-6-3-7-15-22/h1-21H/b2-1-,20-12+,21-13+. The van der Waals surface area contributed by atoms with Crippen LogP contribution >= 0.6 is 0 Å². The summed E-state index contributed by atoms with van der Waals surface area (Å²) in [6, 6.07) is 34.1. The van der Waals surface area contributed by atoms with Gasteiger partial charge < -0.3 is 0 Å². The van der Waals surface area contributed by atoms with Crippen LogP contribution in [-0.2, 0) is 0 Å². The van der Waals surface area contributed by atoms with Gasteiger partial charge in [-0.1, -0.05) is 0 Å². The van der Waals surface area contributed by atoms with E-state index in [9.17, 15) is 0 Å². The van der Waals surface area contributed by atoms with Crippen LogP contribution in [0.1, 0.15) is 0 Å². The summed E-state index contributed by atoms with van der Waals surface area (Å²) in [5.41, 5.74) is 0. The molecule has 3 aromatic carbocycles. The normalized spacial score (nSPS) is 25.6. The van der Waals surface area contributed by atoms with Crippen LogP contribution in [0.4, 0.5) is 0 Å². The van der Waals surface area contributed by atoms with E-state index in [0.29, 0.717) is 0 Å². The van der Waals surface area contributed by atoms with Crippen molar-refractivity contribution in [2.75, 3.05) is 0 Å². The zero-order valence-electron chi connectivity index (χ0n) is 15.0. The fraction of sp³-hybridized carbons (Fsp3) is 0. The Hall–Kier alpha value is -1.44. The molecule has 0 aromatic heterocycles. The van der Waals surface area contributed by atoms with Crippen molar-refractivity contribution in [3.05, 3.63) is 125 Å². The second-order valence-electron chi connectivity index (χ2n) is 6.05. The van der Waals surface area contributed by atoms with Crippen LogP contribution in [0.25, 0.3) is 0 Å². The van der Waals surface area contributed by atoms with Gasteiger partial charge >= 0.3 is 174 Å². The van der Waals surface area contributed by atoms with E-state index in [1.807, 2.05) is 0 Å². The molecule has 3 heteroatoms. The summed E-state index contributed by atoms with van der Waals surface area (Å²) in [6.45, 7) is 0. The number of allylic oxidation sites excluding steroid dienone is 4. The molecule has 0 saturated carbocycles. The molecule has 0 amide bonds. The molecule has 1 aliphatic rings. The van der Waals surface area contributed by atoms with E-state index in [2.05, 4.69) is 125 Å². The fourth-order valence-corrected chi connectivity index (χ4v) is 63.6. The third kappa shape index (κ3) is 4.70. The van der Waals surface area contributed by atoms with Crippen LogP contribution < -0.4 is 13.1 Å². The minimum absolute atomic E-state index is 1.28. The van der Waals surface area contributed by atoms with Gasteiger partial charge in [-0.15, -0.1) is 0 Å². The summed E-state index contributed by atoms with van der Waals surface area (Å²) in [6.07, 6.45) is 9.04. The van der Waals surface area contributed by atoms with Crippen molar-refractivity contribution in [1.82, 2.24) is 0 Å². The molecule has 2 atom stereocenters. The number of benzene rings is 3. The van der Waals surface area contributed by atoms with Gasteiger partial charge in [0.25, 0.3) is 0 Å². The zero-order chi connectivity index (χ0) is 18.3. The van der Waals surface area contributed by atoms with Gasteiger partial charge in [0.15, 0.2) is 0 Å². The van der Waals surface area contributed by atoms with Crippen LogP contribution in [0.2, 0.25) is 0 Å². The van der Waals surface area contributed by atoms with Crippen LogP contribution in [0.3, 0.4) is 0 Å². The molecule has 0 spiro atoms. The average molecular weight is 534 g/mol. The molecule has 1 heterocycles. The first-order valence-electron chi connectivity index (χ1n) is 8.99. The van der Waals surface area contributed by atoms with Crippen molar-refractivity contribution in [2.45, 2.75) is 0 Å². The zero-order valence-corrected chi connectivity index (χ0v) is 20.6. The van der Waals surface area contributed by atoms with E-state index in [0.717, 1.165) is 0 Å². The number of hydrogen-bond acceptors (Lipinski definition) is 0.